The van der Waals surface area contributed by atoms with Crippen LogP contribution >= 0.6 is 0 Å². The SMILES string of the molecule is CCc1ccccc1NC(=O)CNC(=O)COC(=O)c1ccc(C(C)C)cc1. The van der Waals surface area contributed by atoms with E-state index in [4.69, 9.17) is 4.74 Å². The molecule has 0 aliphatic heterocycles. The van der Waals surface area contributed by atoms with Crippen molar-refractivity contribution < 1.29 is 19.1 Å². The molecule has 0 saturated carbocycles. The first-order valence-corrected chi connectivity index (χ1v) is 9.32. The summed E-state index contributed by atoms with van der Waals surface area (Å²) in [5.74, 6) is -1.09. The van der Waals surface area contributed by atoms with E-state index in [1.165, 1.54) is 0 Å². The molecule has 0 fully saturated rings. The number of amides is 2. The van der Waals surface area contributed by atoms with Crippen LogP contribution in [0, 0.1) is 0 Å². The standard InChI is InChI=1S/C22H26N2O4/c1-4-16-7-5-6-8-19(16)24-20(25)13-23-21(26)14-28-22(27)18-11-9-17(10-12-18)15(2)3/h5-12,15H,4,13-14H2,1-3H3,(H,23,26)(H,24,25). The Hall–Kier alpha value is -3.15. The maximum absolute atomic E-state index is 12.0. The number of rotatable bonds is 8. The number of esters is 1. The normalized spacial score (nSPS) is 10.4. The highest BCUT2D eigenvalue weighted by Gasteiger charge is 2.12. The van der Waals surface area contributed by atoms with Gasteiger partial charge in [-0.3, -0.25) is 9.59 Å². The van der Waals surface area contributed by atoms with E-state index >= 15 is 0 Å². The van der Waals surface area contributed by atoms with Gasteiger partial charge in [0.05, 0.1) is 12.1 Å². The average molecular weight is 382 g/mol. The van der Waals surface area contributed by atoms with E-state index in [0.717, 1.165) is 23.2 Å². The molecule has 0 aromatic heterocycles. The lowest BCUT2D eigenvalue weighted by molar-refractivity contribution is -0.126. The molecule has 28 heavy (non-hydrogen) atoms. The molecule has 2 rings (SSSR count). The van der Waals surface area contributed by atoms with Crippen LogP contribution in [0.15, 0.2) is 48.5 Å². The number of carbonyl (C=O) groups is 3. The summed E-state index contributed by atoms with van der Waals surface area (Å²) in [4.78, 5) is 35.8. The van der Waals surface area contributed by atoms with Gasteiger partial charge in [-0.25, -0.2) is 4.79 Å². The predicted molar refractivity (Wildman–Crippen MR) is 108 cm³/mol. The van der Waals surface area contributed by atoms with Gasteiger partial charge in [0, 0.05) is 5.69 Å². The molecule has 0 heterocycles. The third-order valence-corrected chi connectivity index (χ3v) is 4.27. The Morgan fingerprint density at radius 3 is 2.29 bits per heavy atom. The minimum atomic E-state index is -0.577. The summed E-state index contributed by atoms with van der Waals surface area (Å²) >= 11 is 0. The third-order valence-electron chi connectivity index (χ3n) is 4.27. The first kappa shape index (κ1) is 21.2. The number of nitrogens with one attached hydrogen (secondary N) is 2. The molecule has 2 amide bonds. The second kappa shape index (κ2) is 10.3. The molecule has 0 unspecified atom stereocenters. The number of aryl methyl sites for hydroxylation is 1. The summed E-state index contributed by atoms with van der Waals surface area (Å²) in [6.07, 6.45) is 0.789. The summed E-state index contributed by atoms with van der Waals surface area (Å²) in [5, 5.41) is 5.20. The summed E-state index contributed by atoms with van der Waals surface area (Å²) in [6.45, 7) is 5.49. The van der Waals surface area contributed by atoms with Crippen molar-refractivity contribution in [2.75, 3.05) is 18.5 Å². The van der Waals surface area contributed by atoms with Crippen molar-refractivity contribution >= 4 is 23.5 Å². The van der Waals surface area contributed by atoms with Gasteiger partial charge in [-0.05, 0) is 41.7 Å². The van der Waals surface area contributed by atoms with E-state index in [1.807, 2.05) is 43.3 Å². The van der Waals surface area contributed by atoms with Crippen molar-refractivity contribution in [3.8, 4) is 0 Å². The van der Waals surface area contributed by atoms with Gasteiger partial charge in [-0.15, -0.1) is 0 Å². The first-order chi connectivity index (χ1) is 13.4. The van der Waals surface area contributed by atoms with E-state index in [1.54, 1.807) is 12.1 Å². The monoisotopic (exact) mass is 382 g/mol. The van der Waals surface area contributed by atoms with E-state index in [0.29, 0.717) is 11.5 Å². The van der Waals surface area contributed by atoms with Crippen LogP contribution in [-0.4, -0.2) is 30.9 Å². The van der Waals surface area contributed by atoms with E-state index in [9.17, 15) is 14.4 Å². The summed E-state index contributed by atoms with van der Waals surface area (Å²) < 4.78 is 4.99. The van der Waals surface area contributed by atoms with E-state index < -0.39 is 18.5 Å². The zero-order valence-corrected chi connectivity index (χ0v) is 16.5. The number of hydrogen-bond donors (Lipinski definition) is 2. The van der Waals surface area contributed by atoms with Crippen molar-refractivity contribution in [3.05, 3.63) is 65.2 Å². The maximum atomic E-state index is 12.0. The zero-order chi connectivity index (χ0) is 20.5. The van der Waals surface area contributed by atoms with Gasteiger partial charge in [-0.1, -0.05) is 51.1 Å². The van der Waals surface area contributed by atoms with Gasteiger partial charge in [0.1, 0.15) is 0 Å². The fourth-order valence-electron chi connectivity index (χ4n) is 2.59. The molecule has 2 N–H and O–H groups in total. The molecule has 0 bridgehead atoms. The number of benzene rings is 2. The van der Waals surface area contributed by atoms with Gasteiger partial charge in [0.25, 0.3) is 5.91 Å². The van der Waals surface area contributed by atoms with E-state index in [-0.39, 0.29) is 12.5 Å². The number of anilines is 1. The fraction of sp³-hybridized carbons (Fsp3) is 0.318. The minimum absolute atomic E-state index is 0.197. The van der Waals surface area contributed by atoms with Crippen LogP contribution in [0.4, 0.5) is 5.69 Å². The predicted octanol–water partition coefficient (Wildman–Crippen LogP) is 3.28. The van der Waals surface area contributed by atoms with Gasteiger partial charge in [-0.2, -0.15) is 0 Å². The highest BCUT2D eigenvalue weighted by molar-refractivity contribution is 5.96. The number of hydrogen-bond acceptors (Lipinski definition) is 4. The molecule has 0 atom stereocenters. The Bertz CT molecular complexity index is 829. The lowest BCUT2D eigenvalue weighted by Gasteiger charge is -2.10. The Morgan fingerprint density at radius 1 is 0.964 bits per heavy atom. The second-order valence-electron chi connectivity index (χ2n) is 6.69. The summed E-state index contributed by atoms with van der Waals surface area (Å²) in [5.41, 5.74) is 3.23. The van der Waals surface area contributed by atoms with Gasteiger partial charge in [0.15, 0.2) is 6.61 Å². The molecule has 148 valence electrons. The van der Waals surface area contributed by atoms with Crippen LogP contribution in [0.25, 0.3) is 0 Å². The topological polar surface area (TPSA) is 84.5 Å². The third kappa shape index (κ3) is 6.23. The van der Waals surface area contributed by atoms with Gasteiger partial charge >= 0.3 is 5.97 Å². The van der Waals surface area contributed by atoms with Crippen LogP contribution in [-0.2, 0) is 20.7 Å². The van der Waals surface area contributed by atoms with Crippen LogP contribution in [0.1, 0.15) is 48.2 Å². The summed E-state index contributed by atoms with van der Waals surface area (Å²) in [7, 11) is 0. The smallest absolute Gasteiger partial charge is 0.338 e. The molecule has 2 aromatic carbocycles. The molecule has 0 spiro atoms. The molecular weight excluding hydrogens is 356 g/mol. The van der Waals surface area contributed by atoms with Crippen LogP contribution < -0.4 is 10.6 Å². The molecule has 6 heteroatoms. The lowest BCUT2D eigenvalue weighted by atomic mass is 10.0. The van der Waals surface area contributed by atoms with Crippen molar-refractivity contribution in [2.45, 2.75) is 33.1 Å². The minimum Gasteiger partial charge on any atom is -0.452 e. The lowest BCUT2D eigenvalue weighted by Crippen LogP contribution is -2.35. The van der Waals surface area contributed by atoms with Gasteiger partial charge in [0.2, 0.25) is 5.91 Å². The first-order valence-electron chi connectivity index (χ1n) is 9.32. The second-order valence-corrected chi connectivity index (χ2v) is 6.69. The largest absolute Gasteiger partial charge is 0.452 e. The van der Waals surface area contributed by atoms with Crippen LogP contribution in [0.3, 0.4) is 0 Å². The molecule has 2 aromatic rings. The molecule has 0 aliphatic rings. The Kier molecular flexibility index (Phi) is 7.75. The number of para-hydroxylation sites is 1. The van der Waals surface area contributed by atoms with Crippen LogP contribution in [0.2, 0.25) is 0 Å². The molecule has 0 saturated heterocycles. The van der Waals surface area contributed by atoms with Crippen molar-refractivity contribution in [2.24, 2.45) is 0 Å². The zero-order valence-electron chi connectivity index (χ0n) is 16.5. The van der Waals surface area contributed by atoms with Crippen molar-refractivity contribution in [3.63, 3.8) is 0 Å². The van der Waals surface area contributed by atoms with Crippen LogP contribution in [0.5, 0.6) is 0 Å². The van der Waals surface area contributed by atoms with Gasteiger partial charge < -0.3 is 15.4 Å². The molecule has 0 aliphatic carbocycles. The maximum Gasteiger partial charge on any atom is 0.338 e. The molecule has 6 nitrogen and oxygen atoms in total. The number of ether oxygens (including phenoxy) is 1. The Balaban J connectivity index is 1.76. The average Bonchev–Trinajstić information content (AvgIpc) is 2.70. The van der Waals surface area contributed by atoms with Crippen molar-refractivity contribution in [1.82, 2.24) is 5.32 Å². The van der Waals surface area contributed by atoms with E-state index in [2.05, 4.69) is 24.5 Å². The summed E-state index contributed by atoms with van der Waals surface area (Å²) in [6, 6.07) is 14.6. The quantitative estimate of drug-likeness (QED) is 0.686. The molecular formula is C22H26N2O4. The van der Waals surface area contributed by atoms with Crippen molar-refractivity contribution in [1.29, 1.82) is 0 Å². The number of carbonyl (C=O) groups excluding carboxylic acids is 3. The Morgan fingerprint density at radius 2 is 1.64 bits per heavy atom. The Labute approximate surface area is 165 Å². The highest BCUT2D eigenvalue weighted by atomic mass is 16.5. The fourth-order valence-corrected chi connectivity index (χ4v) is 2.59. The highest BCUT2D eigenvalue weighted by Crippen LogP contribution is 2.16. The molecule has 0 radical (unpaired) electrons.